The molecular weight excluding hydrogens is 305 g/mol. The quantitative estimate of drug-likeness (QED) is 0.639. The van der Waals surface area contributed by atoms with E-state index >= 15 is 0 Å². The molecule has 0 saturated carbocycles. The molecule has 0 aliphatic heterocycles. The predicted octanol–water partition coefficient (Wildman–Crippen LogP) is 1.66. The number of carbonyl (C=O) groups excluding carboxylic acids is 2. The Morgan fingerprint density at radius 2 is 2.15 bits per heavy atom. The van der Waals surface area contributed by atoms with E-state index in [9.17, 15) is 14.7 Å². The molecule has 1 unspecified atom stereocenters. The summed E-state index contributed by atoms with van der Waals surface area (Å²) in [4.78, 5) is 22.4. The van der Waals surface area contributed by atoms with E-state index in [0.29, 0.717) is 15.6 Å². The number of hydrogen-bond acceptors (Lipinski definition) is 4. The lowest BCUT2D eigenvalue weighted by Crippen LogP contribution is -2.36. The summed E-state index contributed by atoms with van der Waals surface area (Å²) in [5, 5.41) is 12.5. The number of ether oxygens (including phenoxy) is 1. The highest BCUT2D eigenvalue weighted by molar-refractivity contribution is 6.35. The molecule has 108 valence electrons. The van der Waals surface area contributed by atoms with Gasteiger partial charge in [-0.25, -0.2) is 4.79 Å². The molecular formula is C13H13Cl2NO4. The second kappa shape index (κ2) is 7.89. The van der Waals surface area contributed by atoms with Crippen LogP contribution in [0.1, 0.15) is 5.56 Å². The third kappa shape index (κ3) is 5.21. The van der Waals surface area contributed by atoms with Gasteiger partial charge in [-0.1, -0.05) is 29.3 Å². The summed E-state index contributed by atoms with van der Waals surface area (Å²) in [5.74, 6) is -1.28. The molecule has 0 saturated heterocycles. The second-order valence-corrected chi connectivity index (χ2v) is 4.63. The van der Waals surface area contributed by atoms with Crippen LogP contribution in [0, 0.1) is 0 Å². The van der Waals surface area contributed by atoms with Crippen molar-refractivity contribution in [1.29, 1.82) is 0 Å². The highest BCUT2D eigenvalue weighted by Gasteiger charge is 2.15. The first kappa shape index (κ1) is 16.5. The Kier molecular flexibility index (Phi) is 6.51. The lowest BCUT2D eigenvalue weighted by atomic mass is 10.2. The van der Waals surface area contributed by atoms with Crippen molar-refractivity contribution >= 4 is 41.2 Å². The zero-order valence-electron chi connectivity index (χ0n) is 10.6. The van der Waals surface area contributed by atoms with E-state index in [-0.39, 0.29) is 6.54 Å². The fourth-order valence-corrected chi connectivity index (χ4v) is 1.75. The molecule has 0 aliphatic carbocycles. The standard InChI is InChI=1S/C13H13Cl2NO4/c1-20-13(19)11(17)7-16-12(18)5-3-8-2-4-9(14)6-10(8)15/h2-6,11,17H,7H2,1H3,(H,16,18)/b5-3+. The fourth-order valence-electron chi connectivity index (χ4n) is 1.28. The van der Waals surface area contributed by atoms with Gasteiger partial charge in [0.2, 0.25) is 5.91 Å². The smallest absolute Gasteiger partial charge is 0.336 e. The lowest BCUT2D eigenvalue weighted by molar-refractivity contribution is -0.150. The van der Waals surface area contributed by atoms with Crippen molar-refractivity contribution in [1.82, 2.24) is 5.32 Å². The van der Waals surface area contributed by atoms with Crippen molar-refractivity contribution in [3.8, 4) is 0 Å². The van der Waals surface area contributed by atoms with E-state index < -0.39 is 18.0 Å². The largest absolute Gasteiger partial charge is 0.467 e. The molecule has 1 rings (SSSR count). The maximum Gasteiger partial charge on any atom is 0.336 e. The molecule has 2 N–H and O–H groups in total. The van der Waals surface area contributed by atoms with Crippen LogP contribution in [0.5, 0.6) is 0 Å². The first-order valence-corrected chi connectivity index (χ1v) is 6.36. The van der Waals surface area contributed by atoms with Gasteiger partial charge in [0.05, 0.1) is 13.7 Å². The molecule has 0 radical (unpaired) electrons. The van der Waals surface area contributed by atoms with Crippen LogP contribution < -0.4 is 5.32 Å². The van der Waals surface area contributed by atoms with Crippen molar-refractivity contribution in [3.05, 3.63) is 39.9 Å². The maximum absolute atomic E-state index is 11.5. The minimum atomic E-state index is -1.39. The zero-order chi connectivity index (χ0) is 15.1. The molecule has 0 aliphatic rings. The number of esters is 1. The van der Waals surface area contributed by atoms with Gasteiger partial charge in [0.15, 0.2) is 6.10 Å². The summed E-state index contributed by atoms with van der Waals surface area (Å²) in [6, 6.07) is 4.87. The van der Waals surface area contributed by atoms with Crippen molar-refractivity contribution in [2.75, 3.05) is 13.7 Å². The Balaban J connectivity index is 2.53. The van der Waals surface area contributed by atoms with Crippen molar-refractivity contribution in [2.24, 2.45) is 0 Å². The highest BCUT2D eigenvalue weighted by Crippen LogP contribution is 2.21. The molecule has 0 heterocycles. The normalized spacial score (nSPS) is 12.2. The van der Waals surface area contributed by atoms with Crippen LogP contribution in [-0.2, 0) is 14.3 Å². The van der Waals surface area contributed by atoms with Crippen LogP contribution in [0.3, 0.4) is 0 Å². The average Bonchev–Trinajstić information content (AvgIpc) is 2.42. The van der Waals surface area contributed by atoms with E-state index in [0.717, 1.165) is 7.11 Å². The third-order valence-corrected chi connectivity index (χ3v) is 2.88. The topological polar surface area (TPSA) is 75.6 Å². The Morgan fingerprint density at radius 1 is 1.45 bits per heavy atom. The van der Waals surface area contributed by atoms with Gasteiger partial charge < -0.3 is 15.2 Å². The summed E-state index contributed by atoms with van der Waals surface area (Å²) < 4.78 is 4.31. The summed E-state index contributed by atoms with van der Waals surface area (Å²) in [7, 11) is 1.15. The summed E-state index contributed by atoms with van der Waals surface area (Å²) in [6.07, 6.45) is 1.34. The molecule has 1 atom stereocenters. The predicted molar refractivity (Wildman–Crippen MR) is 76.5 cm³/mol. The number of aliphatic hydroxyl groups excluding tert-OH is 1. The van der Waals surface area contributed by atoms with E-state index in [1.54, 1.807) is 18.2 Å². The Bertz CT molecular complexity index is 531. The molecule has 0 bridgehead atoms. The van der Waals surface area contributed by atoms with Crippen LogP contribution in [-0.4, -0.2) is 36.7 Å². The summed E-state index contributed by atoms with van der Waals surface area (Å²) >= 11 is 11.7. The molecule has 5 nitrogen and oxygen atoms in total. The lowest BCUT2D eigenvalue weighted by Gasteiger charge is -2.08. The third-order valence-electron chi connectivity index (χ3n) is 2.32. The van der Waals surface area contributed by atoms with Crippen LogP contribution in [0.25, 0.3) is 6.08 Å². The average molecular weight is 318 g/mol. The number of rotatable bonds is 5. The maximum atomic E-state index is 11.5. The fraction of sp³-hybridized carbons (Fsp3) is 0.231. The molecule has 7 heteroatoms. The van der Waals surface area contributed by atoms with Gasteiger partial charge >= 0.3 is 5.97 Å². The van der Waals surface area contributed by atoms with E-state index in [1.807, 2.05) is 0 Å². The SMILES string of the molecule is COC(=O)C(O)CNC(=O)/C=C/c1ccc(Cl)cc1Cl. The number of methoxy groups -OCH3 is 1. The van der Waals surface area contributed by atoms with Gasteiger partial charge in [0.1, 0.15) is 0 Å². The number of benzene rings is 1. The van der Waals surface area contributed by atoms with Crippen molar-refractivity contribution in [3.63, 3.8) is 0 Å². The number of amides is 1. The zero-order valence-corrected chi connectivity index (χ0v) is 12.1. The Labute approximate surface area is 126 Å². The van der Waals surface area contributed by atoms with E-state index in [4.69, 9.17) is 23.2 Å². The molecule has 1 aromatic carbocycles. The minimum Gasteiger partial charge on any atom is -0.467 e. The molecule has 0 aromatic heterocycles. The molecule has 1 amide bonds. The molecule has 0 fully saturated rings. The summed E-state index contributed by atoms with van der Waals surface area (Å²) in [5.41, 5.74) is 0.625. The van der Waals surface area contributed by atoms with Crippen LogP contribution >= 0.6 is 23.2 Å². The Morgan fingerprint density at radius 3 is 2.75 bits per heavy atom. The van der Waals surface area contributed by atoms with Gasteiger partial charge in [-0.2, -0.15) is 0 Å². The van der Waals surface area contributed by atoms with Crippen molar-refractivity contribution in [2.45, 2.75) is 6.10 Å². The van der Waals surface area contributed by atoms with Crippen molar-refractivity contribution < 1.29 is 19.4 Å². The number of halogens is 2. The van der Waals surface area contributed by atoms with Gasteiger partial charge in [-0.3, -0.25) is 4.79 Å². The number of hydrogen-bond donors (Lipinski definition) is 2. The number of nitrogens with one attached hydrogen (secondary N) is 1. The van der Waals surface area contributed by atoms with Crippen LogP contribution in [0.15, 0.2) is 24.3 Å². The number of aliphatic hydroxyl groups is 1. The van der Waals surface area contributed by atoms with Gasteiger partial charge in [0.25, 0.3) is 0 Å². The molecule has 20 heavy (non-hydrogen) atoms. The van der Waals surface area contributed by atoms with Gasteiger partial charge in [-0.15, -0.1) is 0 Å². The second-order valence-electron chi connectivity index (χ2n) is 3.78. The van der Waals surface area contributed by atoms with E-state index in [2.05, 4.69) is 10.1 Å². The first-order valence-electron chi connectivity index (χ1n) is 5.61. The van der Waals surface area contributed by atoms with Gasteiger partial charge in [0, 0.05) is 16.1 Å². The van der Waals surface area contributed by atoms with Crippen LogP contribution in [0.4, 0.5) is 0 Å². The molecule has 0 spiro atoms. The first-order chi connectivity index (χ1) is 9.43. The highest BCUT2D eigenvalue weighted by atomic mass is 35.5. The minimum absolute atomic E-state index is 0.232. The number of carbonyl (C=O) groups is 2. The monoisotopic (exact) mass is 317 g/mol. The van der Waals surface area contributed by atoms with Crippen LogP contribution in [0.2, 0.25) is 10.0 Å². The van der Waals surface area contributed by atoms with E-state index in [1.165, 1.54) is 12.2 Å². The van der Waals surface area contributed by atoms with Gasteiger partial charge in [-0.05, 0) is 23.8 Å². The molecule has 1 aromatic rings. The summed E-state index contributed by atoms with van der Waals surface area (Å²) in [6.45, 7) is -0.232. The Hall–Kier alpha value is -1.56.